The lowest BCUT2D eigenvalue weighted by Crippen LogP contribution is -2.47. The fourth-order valence-electron chi connectivity index (χ4n) is 4.93. The number of allylic oxidation sites excluding steroid dienone is 2. The fraction of sp³-hybridized carbons (Fsp3) is 0.762. The lowest BCUT2D eigenvalue weighted by atomic mass is 9.85. The minimum Gasteiger partial charge on any atom is -0.355 e. The zero-order chi connectivity index (χ0) is 20.4. The Labute approximate surface area is 168 Å². The van der Waals surface area contributed by atoms with Gasteiger partial charge in [-0.1, -0.05) is 26.0 Å². The zero-order valence-corrected chi connectivity index (χ0v) is 17.8. The number of nitrogens with one attached hydrogen (secondary N) is 2. The average Bonchev–Trinajstić information content (AvgIpc) is 3.32. The molecule has 3 rings (SSSR count). The largest absolute Gasteiger partial charge is 0.355 e. The van der Waals surface area contributed by atoms with Crippen molar-refractivity contribution < 1.29 is 9.59 Å². The molecule has 1 aliphatic heterocycles. The highest BCUT2D eigenvalue weighted by Gasteiger charge is 2.58. The number of aliphatic imine (C=N–C) groups is 1. The van der Waals surface area contributed by atoms with Crippen LogP contribution in [-0.2, 0) is 9.59 Å². The van der Waals surface area contributed by atoms with Crippen LogP contribution in [0.4, 0.5) is 0 Å². The number of carbonyl (C=O) groups is 2. The molecule has 3 aliphatic rings. The quantitative estimate of drug-likeness (QED) is 0.280. The minimum atomic E-state index is -0.114. The summed E-state index contributed by atoms with van der Waals surface area (Å²) in [5, 5.41) is 6.61. The number of nitrogens with zero attached hydrogens (tertiary/aromatic N) is 3. The van der Waals surface area contributed by atoms with Crippen molar-refractivity contribution in [1.29, 1.82) is 0 Å². The summed E-state index contributed by atoms with van der Waals surface area (Å²) in [7, 11) is 5.92. The van der Waals surface area contributed by atoms with Gasteiger partial charge < -0.3 is 15.5 Å². The number of rotatable bonds is 8. The Bertz CT molecular complexity index is 627. The van der Waals surface area contributed by atoms with Gasteiger partial charge in [0, 0.05) is 32.7 Å². The maximum absolute atomic E-state index is 12.7. The molecule has 0 radical (unpaired) electrons. The molecular formula is C21H35N5O2. The van der Waals surface area contributed by atoms with Gasteiger partial charge in [0.05, 0.1) is 11.8 Å². The van der Waals surface area contributed by atoms with Crippen molar-refractivity contribution in [3.63, 3.8) is 0 Å². The minimum absolute atomic E-state index is 0.0150. The van der Waals surface area contributed by atoms with Gasteiger partial charge in [-0.25, -0.2) is 0 Å². The van der Waals surface area contributed by atoms with E-state index < -0.39 is 0 Å². The molecule has 7 nitrogen and oxygen atoms in total. The number of guanidine groups is 1. The Kier molecular flexibility index (Phi) is 6.43. The van der Waals surface area contributed by atoms with Crippen molar-refractivity contribution in [3.8, 4) is 0 Å². The van der Waals surface area contributed by atoms with E-state index in [9.17, 15) is 9.59 Å². The number of carbonyl (C=O) groups excluding carboxylic acids is 2. The summed E-state index contributed by atoms with van der Waals surface area (Å²) < 4.78 is 0. The standard InChI is InChI=1S/C21H35N5O2/c1-13(2)10-16(25(4)5)12-24-21(22-3)23-8-9-26-19(27)17-14-6-7-15(11-14)18(17)20(26)28/h6-7,13-18H,8-12H2,1-5H3,(H2,22,23,24). The van der Waals surface area contributed by atoms with Crippen LogP contribution in [0.25, 0.3) is 0 Å². The lowest BCUT2D eigenvalue weighted by Gasteiger charge is -2.27. The topological polar surface area (TPSA) is 77.0 Å². The highest BCUT2D eigenvalue weighted by molar-refractivity contribution is 6.06. The third-order valence-corrected chi connectivity index (χ3v) is 6.39. The lowest BCUT2D eigenvalue weighted by molar-refractivity contribution is -0.140. The summed E-state index contributed by atoms with van der Waals surface area (Å²) in [6, 6.07) is 0.419. The molecular weight excluding hydrogens is 354 g/mol. The van der Waals surface area contributed by atoms with Crippen LogP contribution in [0.3, 0.4) is 0 Å². The van der Waals surface area contributed by atoms with Gasteiger partial charge in [-0.2, -0.15) is 0 Å². The molecule has 2 aliphatic carbocycles. The molecule has 0 aromatic carbocycles. The molecule has 1 heterocycles. The summed E-state index contributed by atoms with van der Waals surface area (Å²) in [6.45, 7) is 6.16. The summed E-state index contributed by atoms with van der Waals surface area (Å²) in [5.41, 5.74) is 0. The van der Waals surface area contributed by atoms with Crippen LogP contribution in [0.1, 0.15) is 26.7 Å². The van der Waals surface area contributed by atoms with Crippen LogP contribution in [0.15, 0.2) is 17.1 Å². The van der Waals surface area contributed by atoms with Crippen LogP contribution in [0.2, 0.25) is 0 Å². The van der Waals surface area contributed by atoms with E-state index in [1.807, 2.05) is 0 Å². The molecule has 7 heteroatoms. The Hall–Kier alpha value is -1.89. The molecule has 5 unspecified atom stereocenters. The summed E-state index contributed by atoms with van der Waals surface area (Å²) >= 11 is 0. The monoisotopic (exact) mass is 389 g/mol. The molecule has 0 spiro atoms. The summed E-state index contributed by atoms with van der Waals surface area (Å²) in [5.74, 6) is 1.67. The van der Waals surface area contributed by atoms with Crippen LogP contribution in [-0.4, -0.2) is 74.4 Å². The molecule has 1 saturated carbocycles. The number of hydrogen-bond acceptors (Lipinski definition) is 4. The Morgan fingerprint density at radius 1 is 1.18 bits per heavy atom. The number of hydrogen-bond donors (Lipinski definition) is 2. The van der Waals surface area contributed by atoms with E-state index in [1.54, 1.807) is 7.05 Å². The van der Waals surface area contributed by atoms with E-state index >= 15 is 0 Å². The van der Waals surface area contributed by atoms with Crippen LogP contribution in [0, 0.1) is 29.6 Å². The van der Waals surface area contributed by atoms with Crippen molar-refractivity contribution in [3.05, 3.63) is 12.2 Å². The van der Waals surface area contributed by atoms with Crippen molar-refractivity contribution in [2.24, 2.45) is 34.6 Å². The van der Waals surface area contributed by atoms with Crippen LogP contribution in [0.5, 0.6) is 0 Å². The van der Waals surface area contributed by atoms with E-state index in [0.29, 0.717) is 31.0 Å². The molecule has 2 amide bonds. The maximum atomic E-state index is 12.7. The second kappa shape index (κ2) is 8.64. The number of likely N-dealkylation sites (N-methyl/N-ethyl adjacent to an activating group) is 1. The van der Waals surface area contributed by atoms with Gasteiger partial charge in [0.2, 0.25) is 11.8 Å². The van der Waals surface area contributed by atoms with E-state index in [4.69, 9.17) is 0 Å². The van der Waals surface area contributed by atoms with Gasteiger partial charge in [-0.3, -0.25) is 19.5 Å². The Morgan fingerprint density at radius 2 is 1.79 bits per heavy atom. The second-order valence-corrected chi connectivity index (χ2v) is 8.95. The highest BCUT2D eigenvalue weighted by atomic mass is 16.2. The number of imide groups is 1. The molecule has 5 atom stereocenters. The zero-order valence-electron chi connectivity index (χ0n) is 17.8. The van der Waals surface area contributed by atoms with E-state index in [1.165, 1.54) is 4.90 Å². The first-order chi connectivity index (χ1) is 13.3. The van der Waals surface area contributed by atoms with Gasteiger partial charge in [-0.15, -0.1) is 0 Å². The summed E-state index contributed by atoms with van der Waals surface area (Å²) in [4.78, 5) is 33.4. The van der Waals surface area contributed by atoms with Gasteiger partial charge in [-0.05, 0) is 44.7 Å². The van der Waals surface area contributed by atoms with Crippen LogP contribution < -0.4 is 10.6 Å². The van der Waals surface area contributed by atoms with E-state index in [-0.39, 0.29) is 35.5 Å². The first-order valence-electron chi connectivity index (χ1n) is 10.5. The third-order valence-electron chi connectivity index (χ3n) is 6.39. The van der Waals surface area contributed by atoms with Crippen molar-refractivity contribution in [1.82, 2.24) is 20.4 Å². The van der Waals surface area contributed by atoms with Crippen LogP contribution >= 0.6 is 0 Å². The molecule has 0 aromatic rings. The SMILES string of the molecule is CN=C(NCCN1C(=O)C2C3C=CC(C3)C2C1=O)NCC(CC(C)C)N(C)C. The third kappa shape index (κ3) is 4.09. The van der Waals surface area contributed by atoms with E-state index in [0.717, 1.165) is 19.4 Å². The molecule has 2 N–H and O–H groups in total. The molecule has 28 heavy (non-hydrogen) atoms. The normalized spacial score (nSPS) is 30.0. The predicted octanol–water partition coefficient (Wildman–Crippen LogP) is 0.935. The average molecular weight is 390 g/mol. The van der Waals surface area contributed by atoms with Gasteiger partial charge >= 0.3 is 0 Å². The number of amides is 2. The molecule has 2 bridgehead atoms. The van der Waals surface area contributed by atoms with Crippen molar-refractivity contribution >= 4 is 17.8 Å². The maximum Gasteiger partial charge on any atom is 0.233 e. The fourth-order valence-corrected chi connectivity index (χ4v) is 4.93. The van der Waals surface area contributed by atoms with Gasteiger partial charge in [0.15, 0.2) is 5.96 Å². The molecule has 1 saturated heterocycles. The van der Waals surface area contributed by atoms with E-state index in [2.05, 4.69) is 60.6 Å². The Balaban J connectivity index is 1.46. The highest BCUT2D eigenvalue weighted by Crippen LogP contribution is 2.52. The smallest absolute Gasteiger partial charge is 0.233 e. The molecule has 0 aromatic heterocycles. The van der Waals surface area contributed by atoms with Gasteiger partial charge in [0.25, 0.3) is 0 Å². The second-order valence-electron chi connectivity index (χ2n) is 8.95. The molecule has 2 fully saturated rings. The summed E-state index contributed by atoms with van der Waals surface area (Å²) in [6.07, 6.45) is 6.33. The van der Waals surface area contributed by atoms with Crippen molar-refractivity contribution in [2.45, 2.75) is 32.7 Å². The number of likely N-dealkylation sites (tertiary alicyclic amines) is 1. The number of fused-ring (bicyclic) bond motifs is 5. The molecule has 156 valence electrons. The van der Waals surface area contributed by atoms with Crippen molar-refractivity contribution in [2.75, 3.05) is 40.8 Å². The predicted molar refractivity (Wildman–Crippen MR) is 111 cm³/mol. The first kappa shape index (κ1) is 20.8. The Morgan fingerprint density at radius 3 is 2.29 bits per heavy atom. The van der Waals surface area contributed by atoms with Gasteiger partial charge in [0.1, 0.15) is 0 Å². The first-order valence-corrected chi connectivity index (χ1v) is 10.5.